The second-order valence-corrected chi connectivity index (χ2v) is 6.83. The van der Waals surface area contributed by atoms with Crippen LogP contribution >= 0.6 is 0 Å². The molecule has 4 aromatic rings. The molecule has 0 aliphatic heterocycles. The van der Waals surface area contributed by atoms with Crippen LogP contribution in [0.3, 0.4) is 0 Å². The summed E-state index contributed by atoms with van der Waals surface area (Å²) in [7, 11) is 1.66. The minimum atomic E-state index is -0.399. The average molecular weight is 452 g/mol. The number of amidine groups is 1. The first-order valence-corrected chi connectivity index (χ1v) is 10.1. The maximum absolute atomic E-state index is 11.8. The number of carbonyl (C=O) groups is 1. The first-order valence-electron chi connectivity index (χ1n) is 10.1. The Bertz CT molecular complexity index is 1450. The van der Waals surface area contributed by atoms with Gasteiger partial charge in [-0.05, 0) is 62.0 Å². The standard InChI is InChI=1S/C24H20N8O2/c1-4-5-22(33)30-17-8-11-20(25-2)19(12-17)24(26-3)31-16-6-9-18(10-7-16)34-23-13-21-27-14-29-32(21)15-28-23/h6-15H,2H2,1,3H3,(H,26,31)(H,30,33). The van der Waals surface area contributed by atoms with E-state index in [9.17, 15) is 4.79 Å². The highest BCUT2D eigenvalue weighted by Crippen LogP contribution is 2.26. The van der Waals surface area contributed by atoms with E-state index in [1.807, 2.05) is 12.1 Å². The maximum Gasteiger partial charge on any atom is 0.300 e. The highest BCUT2D eigenvalue weighted by Gasteiger charge is 2.12. The minimum Gasteiger partial charge on any atom is -0.439 e. The summed E-state index contributed by atoms with van der Waals surface area (Å²) in [6.45, 7) is 5.23. The Morgan fingerprint density at radius 3 is 2.62 bits per heavy atom. The smallest absolute Gasteiger partial charge is 0.300 e. The van der Waals surface area contributed by atoms with Crippen molar-refractivity contribution < 1.29 is 9.53 Å². The number of aliphatic imine (C=N–C) groups is 2. The Morgan fingerprint density at radius 1 is 1.09 bits per heavy atom. The zero-order valence-corrected chi connectivity index (χ0v) is 18.5. The van der Waals surface area contributed by atoms with Crippen molar-refractivity contribution in [3.8, 4) is 23.5 Å². The Morgan fingerprint density at radius 2 is 1.88 bits per heavy atom. The first kappa shape index (κ1) is 22.2. The van der Waals surface area contributed by atoms with E-state index in [2.05, 4.69) is 54.2 Å². The molecule has 10 nitrogen and oxygen atoms in total. The van der Waals surface area contributed by atoms with Gasteiger partial charge in [0.05, 0.1) is 5.69 Å². The van der Waals surface area contributed by atoms with Crippen LogP contribution in [0.2, 0.25) is 0 Å². The second-order valence-electron chi connectivity index (χ2n) is 6.83. The molecular formula is C24H20N8O2. The quantitative estimate of drug-likeness (QED) is 0.262. The summed E-state index contributed by atoms with van der Waals surface area (Å²) in [6, 6.07) is 14.2. The van der Waals surface area contributed by atoms with Gasteiger partial charge >= 0.3 is 0 Å². The third-order valence-electron chi connectivity index (χ3n) is 4.63. The van der Waals surface area contributed by atoms with Gasteiger partial charge in [-0.25, -0.2) is 14.5 Å². The number of rotatable bonds is 6. The third-order valence-corrected chi connectivity index (χ3v) is 4.63. The van der Waals surface area contributed by atoms with Crippen molar-refractivity contribution in [2.75, 3.05) is 17.7 Å². The molecule has 0 saturated carbocycles. The fraction of sp³-hybridized carbons (Fsp3) is 0.0833. The zero-order chi connectivity index (χ0) is 23.9. The fourth-order valence-electron chi connectivity index (χ4n) is 3.09. The van der Waals surface area contributed by atoms with Gasteiger partial charge in [0, 0.05) is 30.1 Å². The number of amides is 1. The summed E-state index contributed by atoms with van der Waals surface area (Å²) in [5.41, 5.74) is 3.27. The summed E-state index contributed by atoms with van der Waals surface area (Å²) < 4.78 is 7.36. The summed E-state index contributed by atoms with van der Waals surface area (Å²) in [6.07, 6.45) is 2.98. The number of hydrogen-bond donors (Lipinski definition) is 2. The average Bonchev–Trinajstić information content (AvgIpc) is 3.32. The Hall–Kier alpha value is -5.04. The van der Waals surface area contributed by atoms with Crippen molar-refractivity contribution in [1.29, 1.82) is 0 Å². The van der Waals surface area contributed by atoms with Gasteiger partial charge in [-0.2, -0.15) is 5.10 Å². The van der Waals surface area contributed by atoms with Crippen LogP contribution in [0.4, 0.5) is 17.1 Å². The normalized spacial score (nSPS) is 10.8. The van der Waals surface area contributed by atoms with Gasteiger partial charge in [0.1, 0.15) is 24.2 Å². The molecule has 0 aliphatic rings. The van der Waals surface area contributed by atoms with Crippen molar-refractivity contribution in [2.24, 2.45) is 9.98 Å². The monoisotopic (exact) mass is 452 g/mol. The predicted molar refractivity (Wildman–Crippen MR) is 131 cm³/mol. The van der Waals surface area contributed by atoms with E-state index in [-0.39, 0.29) is 0 Å². The van der Waals surface area contributed by atoms with E-state index in [0.29, 0.717) is 40.1 Å². The molecule has 0 unspecified atom stereocenters. The second kappa shape index (κ2) is 10.1. The summed E-state index contributed by atoms with van der Waals surface area (Å²) in [5.74, 6) is 6.18. The molecule has 4 rings (SSSR count). The van der Waals surface area contributed by atoms with E-state index in [0.717, 1.165) is 5.69 Å². The summed E-state index contributed by atoms with van der Waals surface area (Å²) >= 11 is 0. The van der Waals surface area contributed by atoms with Gasteiger partial charge in [0.2, 0.25) is 5.88 Å². The summed E-state index contributed by atoms with van der Waals surface area (Å²) in [4.78, 5) is 28.6. The molecule has 2 N–H and O–H groups in total. The number of nitrogens with one attached hydrogen (secondary N) is 2. The molecule has 0 bridgehead atoms. The lowest BCUT2D eigenvalue weighted by molar-refractivity contribution is -0.111. The van der Waals surface area contributed by atoms with E-state index in [4.69, 9.17) is 4.74 Å². The Labute approximate surface area is 195 Å². The zero-order valence-electron chi connectivity index (χ0n) is 18.5. The van der Waals surface area contributed by atoms with E-state index >= 15 is 0 Å². The molecule has 0 aliphatic carbocycles. The lowest BCUT2D eigenvalue weighted by Crippen LogP contribution is -2.15. The molecule has 1 amide bonds. The molecule has 10 heteroatoms. The number of carbonyl (C=O) groups excluding carboxylic acids is 1. The van der Waals surface area contributed by atoms with Crippen LogP contribution in [-0.2, 0) is 4.79 Å². The lowest BCUT2D eigenvalue weighted by Gasteiger charge is -2.14. The van der Waals surface area contributed by atoms with Crippen molar-refractivity contribution in [1.82, 2.24) is 19.6 Å². The van der Waals surface area contributed by atoms with Gasteiger partial charge in [-0.15, -0.1) is 0 Å². The van der Waals surface area contributed by atoms with Crippen LogP contribution in [0.1, 0.15) is 12.5 Å². The van der Waals surface area contributed by atoms with Gasteiger partial charge in [0.25, 0.3) is 5.91 Å². The molecule has 0 spiro atoms. The summed E-state index contributed by atoms with van der Waals surface area (Å²) in [5, 5.41) is 10.0. The SMILES string of the molecule is C=Nc1ccc(NC(=O)C#CC)cc1/C(=N\C)Nc1ccc(Oc2cc3ncnn3cn2)cc1. The van der Waals surface area contributed by atoms with E-state index in [1.165, 1.54) is 12.7 Å². The molecule has 168 valence electrons. The van der Waals surface area contributed by atoms with Crippen LogP contribution in [-0.4, -0.2) is 45.1 Å². The number of hydrogen-bond acceptors (Lipinski definition) is 7. The molecule has 0 fully saturated rings. The highest BCUT2D eigenvalue weighted by atomic mass is 16.5. The molecule has 0 saturated heterocycles. The largest absolute Gasteiger partial charge is 0.439 e. The number of fused-ring (bicyclic) bond motifs is 1. The number of nitrogens with zero attached hydrogens (tertiary/aromatic N) is 6. The van der Waals surface area contributed by atoms with Crippen molar-refractivity contribution in [2.45, 2.75) is 6.92 Å². The maximum atomic E-state index is 11.8. The van der Waals surface area contributed by atoms with Crippen LogP contribution in [0.25, 0.3) is 5.65 Å². The van der Waals surface area contributed by atoms with Gasteiger partial charge in [0.15, 0.2) is 5.65 Å². The number of anilines is 2. The molecule has 0 radical (unpaired) electrons. The van der Waals surface area contributed by atoms with Crippen molar-refractivity contribution >= 4 is 41.2 Å². The van der Waals surface area contributed by atoms with E-state index < -0.39 is 5.91 Å². The Kier molecular flexibility index (Phi) is 6.55. The Balaban J connectivity index is 1.51. The van der Waals surface area contributed by atoms with Crippen LogP contribution in [0.15, 0.2) is 71.2 Å². The van der Waals surface area contributed by atoms with Crippen molar-refractivity contribution in [3.05, 3.63) is 66.7 Å². The molecule has 34 heavy (non-hydrogen) atoms. The van der Waals surface area contributed by atoms with Crippen molar-refractivity contribution in [3.63, 3.8) is 0 Å². The molecule has 2 aromatic carbocycles. The molecule has 0 atom stereocenters. The predicted octanol–water partition coefficient (Wildman–Crippen LogP) is 3.70. The topological polar surface area (TPSA) is 118 Å². The number of aromatic nitrogens is 4. The van der Waals surface area contributed by atoms with Crippen LogP contribution in [0.5, 0.6) is 11.6 Å². The minimum absolute atomic E-state index is 0.399. The molecule has 2 heterocycles. The van der Waals surface area contributed by atoms with E-state index in [1.54, 1.807) is 54.9 Å². The number of ether oxygens (including phenoxy) is 1. The molecule has 2 aromatic heterocycles. The van der Waals surface area contributed by atoms with Crippen LogP contribution in [0, 0.1) is 11.8 Å². The van der Waals surface area contributed by atoms with Gasteiger partial charge in [-0.1, -0.05) is 5.92 Å². The van der Waals surface area contributed by atoms with Gasteiger partial charge in [-0.3, -0.25) is 14.8 Å². The fourth-order valence-corrected chi connectivity index (χ4v) is 3.09. The van der Waals surface area contributed by atoms with Crippen LogP contribution < -0.4 is 15.4 Å². The third kappa shape index (κ3) is 5.05. The highest BCUT2D eigenvalue weighted by molar-refractivity contribution is 6.12. The lowest BCUT2D eigenvalue weighted by atomic mass is 10.1. The first-order chi connectivity index (χ1) is 16.6. The number of benzene rings is 2. The molecular weight excluding hydrogens is 432 g/mol. The van der Waals surface area contributed by atoms with Gasteiger partial charge < -0.3 is 15.4 Å².